The number of carbonyl (C=O) groups excluding carboxylic acids is 1. The lowest BCUT2D eigenvalue weighted by molar-refractivity contribution is -0.142. The van der Waals surface area contributed by atoms with Crippen LogP contribution in [0.2, 0.25) is 0 Å². The van der Waals surface area contributed by atoms with Crippen molar-refractivity contribution in [3.05, 3.63) is 69.0 Å². The minimum atomic E-state index is -4.12. The normalized spacial score (nSPS) is 24.1. The third-order valence-corrected chi connectivity index (χ3v) is 10.5. The number of hydrogen-bond acceptors (Lipinski definition) is 10. The Labute approximate surface area is 260 Å². The van der Waals surface area contributed by atoms with Crippen molar-refractivity contribution in [3.63, 3.8) is 0 Å². The molecule has 17 heteroatoms. The number of esters is 1. The van der Waals surface area contributed by atoms with Crippen molar-refractivity contribution in [2.24, 2.45) is 11.4 Å². The summed E-state index contributed by atoms with van der Waals surface area (Å²) >= 11 is 0. The van der Waals surface area contributed by atoms with Crippen molar-refractivity contribution in [3.8, 4) is 5.75 Å². The second kappa shape index (κ2) is 15.6. The summed E-state index contributed by atoms with van der Waals surface area (Å²) in [6.07, 6.45) is 8.25. The second-order valence-electron chi connectivity index (χ2n) is 11.1. The van der Waals surface area contributed by atoms with Crippen LogP contribution in [0, 0.1) is 5.92 Å². The molecule has 248 valence electrons. The van der Waals surface area contributed by atoms with Gasteiger partial charge in [0, 0.05) is 31.2 Å². The number of nitrogens with two attached hydrogens (primary N) is 1. The Morgan fingerprint density at radius 3 is 2.47 bits per heavy atom. The van der Waals surface area contributed by atoms with Gasteiger partial charge in [0.15, 0.2) is 0 Å². The number of nitrogens with zero attached hydrogens (tertiary/aromatic N) is 2. The number of H-pyrrole nitrogens is 1. The molecule has 2 heterocycles. The number of carbonyl (C=O) groups is 1. The molecule has 15 nitrogen and oxygen atoms in total. The van der Waals surface area contributed by atoms with Crippen molar-refractivity contribution in [1.82, 2.24) is 19.3 Å². The van der Waals surface area contributed by atoms with Gasteiger partial charge in [0.25, 0.3) is 5.56 Å². The lowest BCUT2D eigenvalue weighted by atomic mass is 10.1. The Kier molecular flexibility index (Phi) is 12.1. The van der Waals surface area contributed by atoms with Crippen molar-refractivity contribution < 1.29 is 37.3 Å². The highest BCUT2D eigenvalue weighted by molar-refractivity contribution is 7.54. The third kappa shape index (κ3) is 10.6. The fraction of sp³-hybridized carbons (Fsp3) is 0.536. The molecule has 1 saturated heterocycles. The molecule has 0 amide bonds. The fourth-order valence-electron chi connectivity index (χ4n) is 4.47. The number of rotatable bonds is 14. The van der Waals surface area contributed by atoms with Crippen LogP contribution in [0.5, 0.6) is 5.75 Å². The number of nitrogens with one attached hydrogen (secondary N) is 2. The highest BCUT2D eigenvalue weighted by Gasteiger charge is 2.39. The largest absolute Gasteiger partial charge is 0.468 e. The summed E-state index contributed by atoms with van der Waals surface area (Å²) < 4.78 is 49.7. The van der Waals surface area contributed by atoms with Crippen LogP contribution >= 0.6 is 15.4 Å². The fourth-order valence-corrected chi connectivity index (χ4v) is 7.13. The number of methoxy groups -OCH3 is 1. The van der Waals surface area contributed by atoms with Crippen molar-refractivity contribution in [1.29, 1.82) is 0 Å². The van der Waals surface area contributed by atoms with E-state index in [4.69, 9.17) is 23.8 Å². The summed E-state index contributed by atoms with van der Waals surface area (Å²) in [5.41, 5.74) is 4.50. The lowest BCUT2D eigenvalue weighted by Gasteiger charge is -2.24. The van der Waals surface area contributed by atoms with E-state index in [9.17, 15) is 28.6 Å². The maximum Gasteiger partial charge on any atom is 0.459 e. The minimum Gasteiger partial charge on any atom is -0.468 e. The maximum atomic E-state index is 13.6. The molecule has 6 atom stereocenters. The maximum absolute atomic E-state index is 13.6. The number of ether oxygens (including phenoxy) is 1. The average molecular weight is 670 g/mol. The average Bonchev–Trinajstić information content (AvgIpc) is 3.92. The monoisotopic (exact) mass is 669 g/mol. The Hall–Kier alpha value is -2.87. The van der Waals surface area contributed by atoms with Crippen LogP contribution in [0.25, 0.3) is 6.08 Å². The highest BCUT2D eigenvalue weighted by atomic mass is 31.2. The van der Waals surface area contributed by atoms with Crippen LogP contribution in [-0.2, 0) is 27.7 Å². The molecule has 0 spiro atoms. The van der Waals surface area contributed by atoms with Gasteiger partial charge in [-0.15, -0.1) is 0 Å². The lowest BCUT2D eigenvalue weighted by Crippen LogP contribution is -2.35. The number of hydrogen-bond donors (Lipinski definition) is 4. The Balaban J connectivity index is 0.00000145. The topological polar surface area (TPSA) is 204 Å². The molecule has 1 aliphatic heterocycles. The number of para-hydroxylation sites is 1. The smallest absolute Gasteiger partial charge is 0.459 e. The van der Waals surface area contributed by atoms with Crippen LogP contribution in [0.1, 0.15) is 50.6 Å². The van der Waals surface area contributed by atoms with Crippen molar-refractivity contribution in [2.75, 3.05) is 33.4 Å². The first-order valence-corrected chi connectivity index (χ1v) is 17.9. The molecule has 5 rings (SSSR count). The zero-order valence-electron chi connectivity index (χ0n) is 25.3. The molecule has 2 aromatic rings. The molecule has 2 aliphatic carbocycles. The Morgan fingerprint density at radius 2 is 1.84 bits per heavy atom. The van der Waals surface area contributed by atoms with Gasteiger partial charge in [-0.1, -0.05) is 43.5 Å². The van der Waals surface area contributed by atoms with Gasteiger partial charge in [-0.3, -0.25) is 28.2 Å². The number of aliphatic hydroxyl groups excluding tert-OH is 1. The molecule has 3 fully saturated rings. The van der Waals surface area contributed by atoms with Crippen molar-refractivity contribution in [2.45, 2.75) is 57.2 Å². The van der Waals surface area contributed by atoms with Crippen LogP contribution in [0.15, 0.2) is 52.2 Å². The highest BCUT2D eigenvalue weighted by Crippen LogP contribution is 2.48. The van der Waals surface area contributed by atoms with Gasteiger partial charge in [-0.05, 0) is 38.0 Å². The van der Waals surface area contributed by atoms with E-state index >= 15 is 0 Å². The molecule has 4 unspecified atom stereocenters. The van der Waals surface area contributed by atoms with E-state index in [0.29, 0.717) is 13.1 Å². The van der Waals surface area contributed by atoms with Crippen LogP contribution in [-0.4, -0.2) is 70.9 Å². The summed E-state index contributed by atoms with van der Waals surface area (Å²) in [5, 5.41) is 13.3. The summed E-state index contributed by atoms with van der Waals surface area (Å²) in [6.45, 7) is 2.32. The van der Waals surface area contributed by atoms with Crippen LogP contribution < -0.4 is 26.4 Å². The van der Waals surface area contributed by atoms with E-state index in [1.54, 1.807) is 30.3 Å². The van der Waals surface area contributed by atoms with Gasteiger partial charge in [0.05, 0.1) is 32.0 Å². The van der Waals surface area contributed by atoms with Gasteiger partial charge < -0.3 is 18.9 Å². The van der Waals surface area contributed by atoms with Gasteiger partial charge in [0.1, 0.15) is 11.8 Å². The van der Waals surface area contributed by atoms with Crippen LogP contribution in [0.4, 0.5) is 0 Å². The minimum absolute atomic E-state index is 0.0991. The molecule has 1 aromatic carbocycles. The number of aliphatic hydroxyl groups is 1. The van der Waals surface area contributed by atoms with E-state index in [-0.39, 0.29) is 37.4 Å². The Morgan fingerprint density at radius 1 is 1.16 bits per heavy atom. The van der Waals surface area contributed by atoms with E-state index in [1.165, 1.54) is 60.9 Å². The quantitative estimate of drug-likeness (QED) is 0.130. The first-order chi connectivity index (χ1) is 21.4. The van der Waals surface area contributed by atoms with E-state index < -0.39 is 56.7 Å². The first-order valence-electron chi connectivity index (χ1n) is 14.7. The van der Waals surface area contributed by atoms with Gasteiger partial charge in [0.2, 0.25) is 0 Å². The molecular weight excluding hydrogens is 628 g/mol. The second-order valence-corrected chi connectivity index (χ2v) is 14.7. The summed E-state index contributed by atoms with van der Waals surface area (Å²) in [5.74, 6) is -0.997. The van der Waals surface area contributed by atoms with Crippen LogP contribution in [0.3, 0.4) is 0 Å². The molecule has 0 bridgehead atoms. The van der Waals surface area contributed by atoms with Gasteiger partial charge >= 0.3 is 27.1 Å². The summed E-state index contributed by atoms with van der Waals surface area (Å²) in [7, 11) is -6.27. The number of aromatic amines is 1. The molecular formula is C28H41N5O10P2. The molecule has 5 N–H and O–H groups in total. The first kappa shape index (κ1) is 35.0. The molecule has 2 saturated carbocycles. The molecule has 1 aromatic heterocycles. The summed E-state index contributed by atoms with van der Waals surface area (Å²) in [6, 6.07) is 6.71. The van der Waals surface area contributed by atoms with Crippen molar-refractivity contribution >= 4 is 27.5 Å². The zero-order valence-corrected chi connectivity index (χ0v) is 27.1. The molecule has 0 radical (unpaired) electrons. The predicted octanol–water partition coefficient (Wildman–Crippen LogP) is 2.79. The third-order valence-electron chi connectivity index (χ3n) is 7.18. The predicted molar refractivity (Wildman–Crippen MR) is 167 cm³/mol. The molecule has 45 heavy (non-hydrogen) atoms. The molecule has 3 aliphatic rings. The number of aromatic nitrogens is 2. The van der Waals surface area contributed by atoms with E-state index in [1.807, 2.05) is 0 Å². The standard InChI is InChI=1S/C25H35N5O10P2.C3H6/c1-17(24(33)37-2)28-42(36,40-21-8-4-3-5-9-21)39-16-19-13-20(14-22(19)31)30-15-18(23(32)27-25(30)34)7-6-12-38-41(26,35)29-10-11-29;1-2-3-1/h3-9,15,17,19-20,22,31H,10-14,16H2,1-2H3,(H2,26,35)(H,28,36)(H,27,32,34);1-3H2/b7-6+;/t17-,19?,20?,22-,41?,42?;/m0./s1. The number of benzene rings is 1. The SMILES string of the molecule is C1CC1.COC(=O)[C@H](C)NP(=O)(OCC1CC(n2cc(/C=C/COP(N)(=O)N3CC3)c(=O)[nH]c2=O)C[C@@H]1O)Oc1ccccc1. The zero-order chi connectivity index (χ0) is 32.6. The van der Waals surface area contributed by atoms with Gasteiger partial charge in [-0.2, -0.15) is 5.09 Å². The van der Waals surface area contributed by atoms with E-state index in [2.05, 4.69) is 10.1 Å². The summed E-state index contributed by atoms with van der Waals surface area (Å²) in [4.78, 5) is 39.2. The van der Waals surface area contributed by atoms with Gasteiger partial charge in [-0.25, -0.2) is 19.5 Å². The van der Waals surface area contributed by atoms with E-state index in [0.717, 1.165) is 0 Å². The Bertz CT molecular complexity index is 1540.